The number of esters is 1. The fourth-order valence-electron chi connectivity index (χ4n) is 2.82. The molecule has 0 aliphatic carbocycles. The molecular formula is C21H29F3N2O3Si. The van der Waals surface area contributed by atoms with E-state index < -0.39 is 25.8 Å². The molecule has 5 nitrogen and oxygen atoms in total. The summed E-state index contributed by atoms with van der Waals surface area (Å²) in [4.78, 5) is 12.3. The minimum Gasteiger partial charge on any atom is -0.462 e. The summed E-state index contributed by atoms with van der Waals surface area (Å²) < 4.78 is 50.7. The normalized spacial score (nSPS) is 12.2. The van der Waals surface area contributed by atoms with Crippen LogP contribution in [-0.4, -0.2) is 37.0 Å². The Morgan fingerprint density at radius 2 is 1.80 bits per heavy atom. The van der Waals surface area contributed by atoms with Crippen molar-refractivity contribution in [3.05, 3.63) is 52.8 Å². The zero-order valence-electron chi connectivity index (χ0n) is 17.9. The van der Waals surface area contributed by atoms with Gasteiger partial charge in [-0.2, -0.15) is 18.3 Å². The van der Waals surface area contributed by atoms with E-state index >= 15 is 0 Å². The average molecular weight is 443 g/mol. The first-order valence-corrected chi connectivity index (χ1v) is 13.7. The summed E-state index contributed by atoms with van der Waals surface area (Å²) in [5.74, 6) is -0.465. The van der Waals surface area contributed by atoms with Crippen LogP contribution in [0.3, 0.4) is 0 Å². The van der Waals surface area contributed by atoms with Gasteiger partial charge in [-0.3, -0.25) is 0 Å². The van der Waals surface area contributed by atoms with Crippen molar-refractivity contribution in [2.24, 2.45) is 0 Å². The number of carbonyl (C=O) groups is 1. The molecule has 0 saturated heterocycles. The van der Waals surface area contributed by atoms with Gasteiger partial charge in [0.15, 0.2) is 0 Å². The molecule has 30 heavy (non-hydrogen) atoms. The van der Waals surface area contributed by atoms with Crippen molar-refractivity contribution in [1.29, 1.82) is 0 Å². The lowest BCUT2D eigenvalue weighted by Crippen LogP contribution is -2.22. The lowest BCUT2D eigenvalue weighted by molar-refractivity contribution is -0.137. The smallest absolute Gasteiger partial charge is 0.416 e. The number of nitrogens with zero attached hydrogens (tertiary/aromatic N) is 2. The third-order valence-electron chi connectivity index (χ3n) is 4.59. The highest BCUT2D eigenvalue weighted by Gasteiger charge is 2.30. The van der Waals surface area contributed by atoms with Gasteiger partial charge in [0.2, 0.25) is 0 Å². The highest BCUT2D eigenvalue weighted by atomic mass is 28.3. The van der Waals surface area contributed by atoms with Gasteiger partial charge < -0.3 is 9.47 Å². The Hall–Kier alpha value is -2.13. The minimum atomic E-state index is -4.36. The van der Waals surface area contributed by atoms with Crippen LogP contribution in [0, 0.1) is 0 Å². The number of carbonyl (C=O) groups excluding carboxylic acids is 1. The van der Waals surface area contributed by atoms with E-state index in [1.807, 2.05) is 0 Å². The largest absolute Gasteiger partial charge is 0.462 e. The summed E-state index contributed by atoms with van der Waals surface area (Å²) in [5.41, 5.74) is 1.07. The summed E-state index contributed by atoms with van der Waals surface area (Å²) in [6.45, 7) is 9.59. The zero-order valence-corrected chi connectivity index (χ0v) is 18.9. The van der Waals surface area contributed by atoms with Crippen LogP contribution in [0.1, 0.15) is 34.1 Å². The number of benzene rings is 1. The number of aromatic nitrogens is 2. The Morgan fingerprint density at radius 3 is 2.37 bits per heavy atom. The minimum absolute atomic E-state index is 0.215. The molecule has 0 fully saturated rings. The maximum atomic E-state index is 12.7. The van der Waals surface area contributed by atoms with E-state index in [2.05, 4.69) is 24.7 Å². The molecule has 0 aliphatic heterocycles. The Kier molecular flexibility index (Phi) is 8.25. The van der Waals surface area contributed by atoms with Crippen LogP contribution >= 0.6 is 0 Å². The molecule has 0 saturated carbocycles. The molecule has 0 N–H and O–H groups in total. The van der Waals surface area contributed by atoms with Gasteiger partial charge in [-0.25, -0.2) is 9.48 Å². The summed E-state index contributed by atoms with van der Waals surface area (Å²) in [5, 5.41) is 4.27. The van der Waals surface area contributed by atoms with E-state index in [0.29, 0.717) is 30.7 Å². The van der Waals surface area contributed by atoms with Gasteiger partial charge in [0.25, 0.3) is 0 Å². The van der Waals surface area contributed by atoms with Crippen LogP contribution in [0.15, 0.2) is 30.5 Å². The van der Waals surface area contributed by atoms with Crippen molar-refractivity contribution in [2.45, 2.75) is 58.4 Å². The van der Waals surface area contributed by atoms with E-state index in [9.17, 15) is 18.0 Å². The Morgan fingerprint density at radius 1 is 1.13 bits per heavy atom. The van der Waals surface area contributed by atoms with Crippen molar-refractivity contribution in [1.82, 2.24) is 9.78 Å². The molecule has 0 radical (unpaired) electrons. The van der Waals surface area contributed by atoms with E-state index in [1.54, 1.807) is 11.6 Å². The van der Waals surface area contributed by atoms with Gasteiger partial charge in [0.05, 0.1) is 24.1 Å². The monoisotopic (exact) mass is 442 g/mol. The van der Waals surface area contributed by atoms with Crippen LogP contribution in [0.4, 0.5) is 13.2 Å². The van der Waals surface area contributed by atoms with Crippen molar-refractivity contribution in [3.63, 3.8) is 0 Å². The van der Waals surface area contributed by atoms with Crippen LogP contribution < -0.4 is 0 Å². The first kappa shape index (κ1) is 24.1. The van der Waals surface area contributed by atoms with Crippen molar-refractivity contribution in [2.75, 3.05) is 13.2 Å². The number of hydrogen-bond acceptors (Lipinski definition) is 4. The van der Waals surface area contributed by atoms with Crippen LogP contribution in [0.2, 0.25) is 25.7 Å². The van der Waals surface area contributed by atoms with E-state index in [1.165, 1.54) is 18.3 Å². The van der Waals surface area contributed by atoms with Crippen LogP contribution in [-0.2, 0) is 35.2 Å². The summed E-state index contributed by atoms with van der Waals surface area (Å²) >= 11 is 0. The van der Waals surface area contributed by atoms with Crippen molar-refractivity contribution < 1.29 is 27.4 Å². The highest BCUT2D eigenvalue weighted by molar-refractivity contribution is 6.76. The molecule has 0 bridgehead atoms. The van der Waals surface area contributed by atoms with Gasteiger partial charge in [-0.15, -0.1) is 0 Å². The summed E-state index contributed by atoms with van der Waals surface area (Å²) in [6, 6.07) is 6.06. The number of ether oxygens (including phenoxy) is 2. The number of alkyl halides is 3. The zero-order chi connectivity index (χ0) is 22.4. The second-order valence-electron chi connectivity index (χ2n) is 8.27. The maximum Gasteiger partial charge on any atom is 0.416 e. The first-order chi connectivity index (χ1) is 14.0. The number of aryl methyl sites for hydroxylation is 1. The molecular weight excluding hydrogens is 413 g/mol. The maximum absolute atomic E-state index is 12.7. The number of halogens is 3. The van der Waals surface area contributed by atoms with Gasteiger partial charge in [-0.05, 0) is 43.5 Å². The third-order valence-corrected chi connectivity index (χ3v) is 6.29. The van der Waals surface area contributed by atoms with Gasteiger partial charge in [0, 0.05) is 14.7 Å². The standard InChI is InChI=1S/C21H29F3N2O3Si/c1-5-29-20(27)18-14-25-26(15-28-12-13-30(2,3)4)19(18)11-8-16-6-9-17(10-7-16)21(22,23)24/h6-7,9-10,14H,5,8,11-13,15H2,1-4H3. The summed E-state index contributed by atoms with van der Waals surface area (Å²) in [6.07, 6.45) is -2.01. The second-order valence-corrected chi connectivity index (χ2v) is 13.9. The molecule has 0 aliphatic rings. The second kappa shape index (κ2) is 10.3. The third kappa shape index (κ3) is 7.28. The predicted octanol–water partition coefficient (Wildman–Crippen LogP) is 5.18. The molecule has 166 valence electrons. The molecule has 1 aromatic heterocycles. The van der Waals surface area contributed by atoms with Crippen molar-refractivity contribution >= 4 is 14.0 Å². The molecule has 0 spiro atoms. The quantitative estimate of drug-likeness (QED) is 0.289. The van der Waals surface area contributed by atoms with Gasteiger partial charge in [-0.1, -0.05) is 31.8 Å². The molecule has 9 heteroatoms. The van der Waals surface area contributed by atoms with Gasteiger partial charge in [0.1, 0.15) is 12.3 Å². The molecule has 2 aromatic rings. The Balaban J connectivity index is 2.10. The van der Waals surface area contributed by atoms with Gasteiger partial charge >= 0.3 is 12.1 Å². The SMILES string of the molecule is CCOC(=O)c1cnn(COCC[Si](C)(C)C)c1CCc1ccc(C(F)(F)F)cc1. The Bertz CT molecular complexity index is 828. The average Bonchev–Trinajstić information content (AvgIpc) is 3.05. The summed E-state index contributed by atoms with van der Waals surface area (Å²) in [7, 11) is -1.22. The molecule has 0 amide bonds. The molecule has 1 aromatic carbocycles. The Labute approximate surface area is 176 Å². The topological polar surface area (TPSA) is 53.3 Å². The lowest BCUT2D eigenvalue weighted by atomic mass is 10.0. The number of rotatable bonds is 10. The van der Waals surface area contributed by atoms with Crippen LogP contribution in [0.5, 0.6) is 0 Å². The van der Waals surface area contributed by atoms with Crippen molar-refractivity contribution in [3.8, 4) is 0 Å². The molecule has 1 heterocycles. The molecule has 0 atom stereocenters. The van der Waals surface area contributed by atoms with E-state index in [-0.39, 0.29) is 13.3 Å². The van der Waals surface area contributed by atoms with E-state index in [4.69, 9.17) is 9.47 Å². The van der Waals surface area contributed by atoms with Crippen LogP contribution in [0.25, 0.3) is 0 Å². The first-order valence-electron chi connectivity index (χ1n) is 9.97. The predicted molar refractivity (Wildman–Crippen MR) is 111 cm³/mol. The van der Waals surface area contributed by atoms with E-state index in [0.717, 1.165) is 23.7 Å². The lowest BCUT2D eigenvalue weighted by Gasteiger charge is -2.16. The fraction of sp³-hybridized carbons (Fsp3) is 0.524. The number of hydrogen-bond donors (Lipinski definition) is 0. The fourth-order valence-corrected chi connectivity index (χ4v) is 3.57. The highest BCUT2D eigenvalue weighted by Crippen LogP contribution is 2.29. The molecule has 0 unspecified atom stereocenters. The molecule has 2 rings (SSSR count).